The number of anilines is 1. The van der Waals surface area contributed by atoms with Crippen molar-refractivity contribution in [3.05, 3.63) is 83.9 Å². The third kappa shape index (κ3) is 4.32. The summed E-state index contributed by atoms with van der Waals surface area (Å²) in [5.74, 6) is -0.316. The van der Waals surface area contributed by atoms with Gasteiger partial charge >= 0.3 is 0 Å². The molecule has 126 valence electrons. The molecule has 0 aromatic heterocycles. The van der Waals surface area contributed by atoms with Crippen LogP contribution < -0.4 is 10.6 Å². The van der Waals surface area contributed by atoms with Gasteiger partial charge in [-0.3, -0.25) is 10.1 Å². The number of carbonyl (C=O) groups is 1. The minimum absolute atomic E-state index is 0.197. The van der Waals surface area contributed by atoms with Gasteiger partial charge in [0, 0.05) is 11.8 Å². The molecule has 0 aliphatic heterocycles. The van der Waals surface area contributed by atoms with E-state index in [4.69, 9.17) is 17.5 Å². The summed E-state index contributed by atoms with van der Waals surface area (Å²) in [4.78, 5) is 12.1. The van der Waals surface area contributed by atoms with Crippen molar-refractivity contribution in [3.8, 4) is 6.07 Å². The fraction of sp³-hybridized carbons (Fsp3) is 0. The molecular weight excluding hydrogens is 342 g/mol. The zero-order chi connectivity index (χ0) is 18.4. The molecule has 0 atom stereocenters. The van der Waals surface area contributed by atoms with E-state index in [9.17, 15) is 4.79 Å². The third-order valence-electron chi connectivity index (χ3n) is 3.75. The second-order valence-electron chi connectivity index (χ2n) is 5.53. The number of rotatable bonds is 3. The lowest BCUT2D eigenvalue weighted by molar-refractivity contribution is -0.115. The molecule has 26 heavy (non-hydrogen) atoms. The van der Waals surface area contributed by atoms with Crippen molar-refractivity contribution < 1.29 is 4.79 Å². The lowest BCUT2D eigenvalue weighted by Crippen LogP contribution is -2.32. The summed E-state index contributed by atoms with van der Waals surface area (Å²) in [5, 5.41) is 16.7. The maximum absolute atomic E-state index is 12.1. The Bertz CT molecular complexity index is 1030. The van der Waals surface area contributed by atoms with Gasteiger partial charge in [0.15, 0.2) is 5.11 Å². The van der Waals surface area contributed by atoms with Gasteiger partial charge in [0.25, 0.3) is 0 Å². The van der Waals surface area contributed by atoms with Crippen LogP contribution in [0.25, 0.3) is 16.8 Å². The lowest BCUT2D eigenvalue weighted by Gasteiger charge is -2.08. The number of nitrogens with one attached hydrogen (secondary N) is 2. The van der Waals surface area contributed by atoms with Crippen molar-refractivity contribution >= 4 is 45.8 Å². The van der Waals surface area contributed by atoms with Crippen LogP contribution in [0.2, 0.25) is 0 Å². The van der Waals surface area contributed by atoms with E-state index in [0.717, 1.165) is 16.3 Å². The summed E-state index contributed by atoms with van der Waals surface area (Å²) in [7, 11) is 0. The maximum atomic E-state index is 12.1. The first-order valence-corrected chi connectivity index (χ1v) is 8.34. The van der Waals surface area contributed by atoms with Gasteiger partial charge in [-0.05, 0) is 58.9 Å². The van der Waals surface area contributed by atoms with Crippen molar-refractivity contribution in [2.45, 2.75) is 0 Å². The number of nitriles is 1. The Kier molecular flexibility index (Phi) is 5.37. The highest BCUT2D eigenvalue weighted by Gasteiger charge is 2.03. The van der Waals surface area contributed by atoms with E-state index in [2.05, 4.69) is 10.6 Å². The minimum atomic E-state index is -0.316. The second kappa shape index (κ2) is 8.06. The molecular formula is C21H15N3OS. The SMILES string of the molecule is N#Cc1ccc(NC(=S)NC(=O)C=Cc2cccc3ccccc23)cc1. The molecule has 3 aromatic carbocycles. The van der Waals surface area contributed by atoms with Crippen LogP contribution in [0.5, 0.6) is 0 Å². The standard InChI is InChI=1S/C21H15N3OS/c22-14-15-8-11-18(12-9-15)23-21(26)24-20(25)13-10-17-6-3-5-16-4-1-2-7-19(16)17/h1-13H,(H2,23,24,25,26). The van der Waals surface area contributed by atoms with Crippen molar-refractivity contribution in [2.75, 3.05) is 5.32 Å². The monoisotopic (exact) mass is 357 g/mol. The predicted octanol–water partition coefficient (Wildman–Crippen LogP) is 4.24. The Labute approximate surface area is 156 Å². The molecule has 0 saturated carbocycles. The van der Waals surface area contributed by atoms with Gasteiger partial charge in [-0.25, -0.2) is 0 Å². The summed E-state index contributed by atoms with van der Waals surface area (Å²) < 4.78 is 0. The van der Waals surface area contributed by atoms with Crippen LogP contribution >= 0.6 is 12.2 Å². The molecule has 4 nitrogen and oxygen atoms in total. The third-order valence-corrected chi connectivity index (χ3v) is 3.95. The number of benzene rings is 3. The molecule has 0 unspecified atom stereocenters. The van der Waals surface area contributed by atoms with Gasteiger partial charge in [0.1, 0.15) is 0 Å². The van der Waals surface area contributed by atoms with Crippen LogP contribution in [-0.2, 0) is 4.79 Å². The van der Waals surface area contributed by atoms with Gasteiger partial charge < -0.3 is 5.32 Å². The quantitative estimate of drug-likeness (QED) is 0.544. The van der Waals surface area contributed by atoms with E-state index < -0.39 is 0 Å². The van der Waals surface area contributed by atoms with E-state index in [1.807, 2.05) is 48.5 Å². The van der Waals surface area contributed by atoms with Crippen molar-refractivity contribution in [3.63, 3.8) is 0 Å². The highest BCUT2D eigenvalue weighted by molar-refractivity contribution is 7.80. The molecule has 0 saturated heterocycles. The summed E-state index contributed by atoms with van der Waals surface area (Å²) in [6.45, 7) is 0. The molecule has 3 aromatic rings. The average Bonchev–Trinajstić information content (AvgIpc) is 2.67. The number of nitrogens with zero attached hydrogens (tertiary/aromatic N) is 1. The zero-order valence-corrected chi connectivity index (χ0v) is 14.6. The molecule has 3 rings (SSSR count). The molecule has 1 amide bonds. The van der Waals surface area contributed by atoms with E-state index >= 15 is 0 Å². The van der Waals surface area contributed by atoms with E-state index in [-0.39, 0.29) is 11.0 Å². The smallest absolute Gasteiger partial charge is 0.250 e. The number of fused-ring (bicyclic) bond motifs is 1. The molecule has 0 aliphatic carbocycles. The van der Waals surface area contributed by atoms with Gasteiger partial charge in [-0.2, -0.15) is 5.26 Å². The molecule has 5 heteroatoms. The summed E-state index contributed by atoms with van der Waals surface area (Å²) >= 11 is 5.14. The lowest BCUT2D eigenvalue weighted by atomic mass is 10.0. The molecule has 0 radical (unpaired) electrons. The highest BCUT2D eigenvalue weighted by atomic mass is 32.1. The number of hydrogen-bond donors (Lipinski definition) is 2. The number of hydrogen-bond acceptors (Lipinski definition) is 3. The average molecular weight is 357 g/mol. The van der Waals surface area contributed by atoms with Gasteiger partial charge in [-0.1, -0.05) is 42.5 Å². The summed E-state index contributed by atoms with van der Waals surface area (Å²) in [6.07, 6.45) is 3.22. The second-order valence-corrected chi connectivity index (χ2v) is 5.94. The number of carbonyl (C=O) groups excluding carboxylic acids is 1. The topological polar surface area (TPSA) is 64.9 Å². The fourth-order valence-electron chi connectivity index (χ4n) is 2.51. The Balaban J connectivity index is 1.63. The van der Waals surface area contributed by atoms with Crippen LogP contribution in [0, 0.1) is 11.3 Å². The fourth-order valence-corrected chi connectivity index (χ4v) is 2.72. The minimum Gasteiger partial charge on any atom is -0.332 e. The van der Waals surface area contributed by atoms with E-state index in [1.165, 1.54) is 6.08 Å². The van der Waals surface area contributed by atoms with Gasteiger partial charge in [0.2, 0.25) is 5.91 Å². The molecule has 0 heterocycles. The van der Waals surface area contributed by atoms with Crippen LogP contribution in [0.4, 0.5) is 5.69 Å². The Morgan fingerprint density at radius 2 is 1.73 bits per heavy atom. The molecule has 2 N–H and O–H groups in total. The van der Waals surface area contributed by atoms with Crippen LogP contribution in [0.3, 0.4) is 0 Å². The molecule has 0 fully saturated rings. The maximum Gasteiger partial charge on any atom is 0.250 e. The van der Waals surface area contributed by atoms with Crippen LogP contribution in [0.1, 0.15) is 11.1 Å². The highest BCUT2D eigenvalue weighted by Crippen LogP contribution is 2.19. The van der Waals surface area contributed by atoms with Crippen molar-refractivity contribution in [1.29, 1.82) is 5.26 Å². The zero-order valence-electron chi connectivity index (χ0n) is 13.8. The molecule has 0 spiro atoms. The first-order chi connectivity index (χ1) is 12.7. The molecule has 0 aliphatic rings. The summed E-state index contributed by atoms with van der Waals surface area (Å²) in [5.41, 5.74) is 2.22. The van der Waals surface area contributed by atoms with Crippen molar-refractivity contribution in [1.82, 2.24) is 5.32 Å². The first kappa shape index (κ1) is 17.3. The first-order valence-electron chi connectivity index (χ1n) is 7.94. The number of amides is 1. The Morgan fingerprint density at radius 1 is 1.00 bits per heavy atom. The predicted molar refractivity (Wildman–Crippen MR) is 109 cm³/mol. The van der Waals surface area contributed by atoms with Crippen LogP contribution in [0.15, 0.2) is 72.8 Å². The summed E-state index contributed by atoms with van der Waals surface area (Å²) in [6, 6.07) is 22.8. The largest absolute Gasteiger partial charge is 0.332 e. The van der Waals surface area contributed by atoms with Crippen LogP contribution in [-0.4, -0.2) is 11.0 Å². The van der Waals surface area contributed by atoms with E-state index in [0.29, 0.717) is 11.3 Å². The number of thiocarbonyl (C=S) groups is 1. The normalized spacial score (nSPS) is 10.4. The molecule has 0 bridgehead atoms. The van der Waals surface area contributed by atoms with Gasteiger partial charge in [0.05, 0.1) is 11.6 Å². The van der Waals surface area contributed by atoms with E-state index in [1.54, 1.807) is 30.3 Å². The Morgan fingerprint density at radius 3 is 2.50 bits per heavy atom. The van der Waals surface area contributed by atoms with Gasteiger partial charge in [-0.15, -0.1) is 0 Å². The van der Waals surface area contributed by atoms with Crippen molar-refractivity contribution in [2.24, 2.45) is 0 Å². The Hall–Kier alpha value is -3.49.